The maximum atomic E-state index is 10.7. The van der Waals surface area contributed by atoms with Gasteiger partial charge >= 0.3 is 0 Å². The van der Waals surface area contributed by atoms with Gasteiger partial charge in [0.25, 0.3) is 0 Å². The second kappa shape index (κ2) is 7.84. The van der Waals surface area contributed by atoms with E-state index in [4.69, 9.17) is 28.4 Å². The van der Waals surface area contributed by atoms with Crippen molar-refractivity contribution in [1.29, 1.82) is 0 Å². The molecule has 0 aliphatic carbocycles. The number of benzene rings is 2. The molecule has 2 atom stereocenters. The van der Waals surface area contributed by atoms with E-state index < -0.39 is 12.2 Å². The monoisotopic (exact) mass is 376 g/mol. The lowest BCUT2D eigenvalue weighted by Crippen LogP contribution is -2.30. The van der Waals surface area contributed by atoms with Crippen LogP contribution in [0.4, 0.5) is 0 Å². The van der Waals surface area contributed by atoms with E-state index in [9.17, 15) is 5.11 Å². The van der Waals surface area contributed by atoms with Gasteiger partial charge in [-0.25, -0.2) is 0 Å². The van der Waals surface area contributed by atoms with Crippen LogP contribution in [0.25, 0.3) is 0 Å². The maximum absolute atomic E-state index is 10.7. The number of fused-ring (bicyclic) bond motifs is 1. The van der Waals surface area contributed by atoms with Crippen molar-refractivity contribution >= 4 is 0 Å². The Bertz CT molecular complexity index is 793. The minimum atomic E-state index is -0.775. The molecule has 0 unspecified atom stereocenters. The summed E-state index contributed by atoms with van der Waals surface area (Å²) in [6.07, 6.45) is -1.00. The van der Waals surface area contributed by atoms with Gasteiger partial charge in [-0.3, -0.25) is 0 Å². The summed E-state index contributed by atoms with van der Waals surface area (Å²) in [4.78, 5) is 0. The summed E-state index contributed by atoms with van der Waals surface area (Å²) in [5, 5.41) is 10.7. The van der Waals surface area contributed by atoms with Crippen molar-refractivity contribution in [1.82, 2.24) is 0 Å². The van der Waals surface area contributed by atoms with Gasteiger partial charge in [-0.05, 0) is 12.1 Å². The Morgan fingerprint density at radius 1 is 0.815 bits per heavy atom. The zero-order valence-corrected chi connectivity index (χ0v) is 16.1. The molecule has 1 heterocycles. The predicted octanol–water partition coefficient (Wildman–Crippen LogP) is 2.77. The summed E-state index contributed by atoms with van der Waals surface area (Å²) in [7, 11) is 7.79. The molecular formula is C20H24O7. The summed E-state index contributed by atoms with van der Waals surface area (Å²) < 4.78 is 33.0. The van der Waals surface area contributed by atoms with Crippen molar-refractivity contribution < 1.29 is 33.5 Å². The van der Waals surface area contributed by atoms with Crippen molar-refractivity contribution in [3.05, 3.63) is 35.4 Å². The van der Waals surface area contributed by atoms with E-state index in [1.54, 1.807) is 59.8 Å². The molecule has 7 nitrogen and oxygen atoms in total. The Morgan fingerprint density at radius 3 is 1.96 bits per heavy atom. The summed E-state index contributed by atoms with van der Waals surface area (Å²) in [6.45, 7) is 0. The molecular weight excluding hydrogens is 352 g/mol. The lowest BCUT2D eigenvalue weighted by atomic mass is 9.93. The summed E-state index contributed by atoms with van der Waals surface area (Å²) in [5.74, 6) is 3.32. The molecule has 0 saturated carbocycles. The van der Waals surface area contributed by atoms with Gasteiger partial charge in [0, 0.05) is 29.7 Å². The summed E-state index contributed by atoms with van der Waals surface area (Å²) in [6, 6.07) is 7.11. The number of ether oxygens (including phenoxy) is 6. The molecule has 3 rings (SSSR count). The summed E-state index contributed by atoms with van der Waals surface area (Å²) >= 11 is 0. The zero-order valence-electron chi connectivity index (χ0n) is 16.1. The van der Waals surface area contributed by atoms with Crippen molar-refractivity contribution in [3.8, 4) is 34.5 Å². The van der Waals surface area contributed by atoms with Crippen LogP contribution in [0.5, 0.6) is 34.5 Å². The highest BCUT2D eigenvalue weighted by Crippen LogP contribution is 2.45. The minimum Gasteiger partial charge on any atom is -0.496 e. The van der Waals surface area contributed by atoms with Gasteiger partial charge < -0.3 is 33.5 Å². The smallest absolute Gasteiger partial charge is 0.203 e. The highest BCUT2D eigenvalue weighted by Gasteiger charge is 2.33. The molecule has 27 heavy (non-hydrogen) atoms. The van der Waals surface area contributed by atoms with E-state index in [2.05, 4.69) is 0 Å². The Kier molecular flexibility index (Phi) is 5.51. The Balaban J connectivity index is 2.05. The molecule has 0 bridgehead atoms. The van der Waals surface area contributed by atoms with Crippen molar-refractivity contribution in [3.63, 3.8) is 0 Å². The average Bonchev–Trinajstić information content (AvgIpc) is 2.71. The fourth-order valence-electron chi connectivity index (χ4n) is 3.29. The number of hydrogen-bond donors (Lipinski definition) is 1. The molecule has 0 saturated heterocycles. The van der Waals surface area contributed by atoms with Crippen LogP contribution < -0.4 is 28.4 Å². The van der Waals surface area contributed by atoms with Crippen LogP contribution in [0.1, 0.15) is 17.2 Å². The van der Waals surface area contributed by atoms with Crippen LogP contribution in [0.15, 0.2) is 24.3 Å². The molecule has 0 spiro atoms. The predicted molar refractivity (Wildman–Crippen MR) is 98.7 cm³/mol. The van der Waals surface area contributed by atoms with Crippen molar-refractivity contribution in [2.24, 2.45) is 0 Å². The average molecular weight is 376 g/mol. The molecule has 0 aromatic heterocycles. The Labute approximate surface area is 158 Å². The van der Waals surface area contributed by atoms with Crippen LogP contribution in [0.3, 0.4) is 0 Å². The van der Waals surface area contributed by atoms with Gasteiger partial charge in [0.2, 0.25) is 5.75 Å². The Hall–Kier alpha value is -2.80. The standard InChI is InChI=1S/C20H24O7/c1-22-12-8-15(23-2)13-10-14(21)19(27-16(13)9-12)11-6-17(24-3)20(26-5)18(7-11)25-4/h6-9,14,19,21H,10H2,1-5H3/t14-,19-/m0/s1. The summed E-state index contributed by atoms with van der Waals surface area (Å²) in [5.41, 5.74) is 1.51. The minimum absolute atomic E-state index is 0.379. The van der Waals surface area contributed by atoms with Crippen molar-refractivity contribution in [2.75, 3.05) is 35.5 Å². The first-order chi connectivity index (χ1) is 13.1. The number of aliphatic hydroxyl groups excluding tert-OH is 1. The number of methoxy groups -OCH3 is 5. The number of hydrogen-bond acceptors (Lipinski definition) is 7. The molecule has 0 radical (unpaired) electrons. The van der Waals surface area contributed by atoms with Gasteiger partial charge in [-0.1, -0.05) is 0 Å². The molecule has 1 N–H and O–H groups in total. The van der Waals surface area contributed by atoms with E-state index in [0.717, 1.165) is 5.56 Å². The number of rotatable bonds is 6. The molecule has 7 heteroatoms. The Morgan fingerprint density at radius 2 is 1.44 bits per heavy atom. The van der Waals surface area contributed by atoms with Gasteiger partial charge in [-0.15, -0.1) is 0 Å². The largest absolute Gasteiger partial charge is 0.496 e. The maximum Gasteiger partial charge on any atom is 0.203 e. The highest BCUT2D eigenvalue weighted by molar-refractivity contribution is 5.56. The normalized spacial score (nSPS) is 18.1. The fraction of sp³-hybridized carbons (Fsp3) is 0.400. The fourth-order valence-corrected chi connectivity index (χ4v) is 3.29. The second-order valence-corrected chi connectivity index (χ2v) is 6.07. The molecule has 2 aromatic carbocycles. The third kappa shape index (κ3) is 3.42. The van der Waals surface area contributed by atoms with Gasteiger partial charge in [-0.2, -0.15) is 0 Å². The lowest BCUT2D eigenvalue weighted by molar-refractivity contribution is 0.0195. The molecule has 1 aliphatic rings. The van der Waals surface area contributed by atoms with Gasteiger partial charge in [0.15, 0.2) is 17.6 Å². The van der Waals surface area contributed by atoms with Crippen LogP contribution in [0, 0.1) is 0 Å². The van der Waals surface area contributed by atoms with Gasteiger partial charge in [0.1, 0.15) is 17.2 Å². The van der Waals surface area contributed by atoms with Crippen LogP contribution in [-0.2, 0) is 6.42 Å². The van der Waals surface area contributed by atoms with Crippen LogP contribution in [0.2, 0.25) is 0 Å². The topological polar surface area (TPSA) is 75.6 Å². The molecule has 0 amide bonds. The van der Waals surface area contributed by atoms with E-state index in [0.29, 0.717) is 46.5 Å². The van der Waals surface area contributed by atoms with E-state index in [-0.39, 0.29) is 0 Å². The van der Waals surface area contributed by atoms with Crippen LogP contribution in [-0.4, -0.2) is 46.8 Å². The van der Waals surface area contributed by atoms with E-state index in [1.165, 1.54) is 0 Å². The first-order valence-electron chi connectivity index (χ1n) is 8.45. The highest BCUT2D eigenvalue weighted by atomic mass is 16.5. The molecule has 0 fully saturated rings. The first-order valence-corrected chi connectivity index (χ1v) is 8.45. The molecule has 2 aromatic rings. The van der Waals surface area contributed by atoms with E-state index >= 15 is 0 Å². The van der Waals surface area contributed by atoms with Gasteiger partial charge in [0.05, 0.1) is 41.7 Å². The quantitative estimate of drug-likeness (QED) is 0.831. The third-order valence-corrected chi connectivity index (χ3v) is 4.63. The van der Waals surface area contributed by atoms with Crippen molar-refractivity contribution in [2.45, 2.75) is 18.6 Å². The van der Waals surface area contributed by atoms with E-state index in [1.807, 2.05) is 0 Å². The van der Waals surface area contributed by atoms with Crippen LogP contribution >= 0.6 is 0 Å². The molecule has 146 valence electrons. The number of aliphatic hydroxyl groups is 1. The second-order valence-electron chi connectivity index (χ2n) is 6.07. The zero-order chi connectivity index (χ0) is 19.6. The molecule has 1 aliphatic heterocycles. The first kappa shape index (κ1) is 19.0. The third-order valence-electron chi connectivity index (χ3n) is 4.63. The SMILES string of the molecule is COc1cc(OC)c2c(c1)O[C@@H](c1cc(OC)c(OC)c(OC)c1)[C@@H](O)C2. The lowest BCUT2D eigenvalue weighted by Gasteiger charge is -2.32.